The van der Waals surface area contributed by atoms with Crippen molar-refractivity contribution < 1.29 is 13.2 Å². The zero-order valence-electron chi connectivity index (χ0n) is 9.07. The molecule has 1 heterocycles. The molecule has 0 saturated carbocycles. The Bertz CT molecular complexity index is 522. The van der Waals surface area contributed by atoms with Crippen molar-refractivity contribution in [2.24, 2.45) is 7.05 Å². The van der Waals surface area contributed by atoms with E-state index >= 15 is 0 Å². The molecule has 2 aromatic rings. The van der Waals surface area contributed by atoms with Crippen LogP contribution in [0, 0.1) is 5.82 Å². The second kappa shape index (κ2) is 4.57. The molecule has 1 aromatic carbocycles. The number of halogens is 3. The van der Waals surface area contributed by atoms with Crippen LogP contribution in [0.25, 0.3) is 0 Å². The lowest BCUT2D eigenvalue weighted by atomic mass is 10.1. The molecule has 0 bridgehead atoms. The van der Waals surface area contributed by atoms with E-state index in [1.54, 1.807) is 7.05 Å². The van der Waals surface area contributed by atoms with Crippen LogP contribution in [0.2, 0.25) is 0 Å². The van der Waals surface area contributed by atoms with Crippen molar-refractivity contribution in [3.8, 4) is 0 Å². The topological polar surface area (TPSA) is 30.7 Å². The molecular formula is C11H10F3N3. The lowest BCUT2D eigenvalue weighted by molar-refractivity contribution is 0.146. The standard InChI is InChI=1S/C11H10F3N3/c1-17-6-15-10(16-17)5-7-2-3-9(12)8(4-7)11(13)14/h2-4,6,11H,5H2,1H3. The highest BCUT2D eigenvalue weighted by Crippen LogP contribution is 2.23. The van der Waals surface area contributed by atoms with Crippen molar-refractivity contribution in [3.63, 3.8) is 0 Å². The Balaban J connectivity index is 2.25. The number of benzene rings is 1. The van der Waals surface area contributed by atoms with Gasteiger partial charge in [0.15, 0.2) is 5.82 Å². The highest BCUT2D eigenvalue weighted by Gasteiger charge is 2.14. The van der Waals surface area contributed by atoms with Gasteiger partial charge in [-0.05, 0) is 17.7 Å². The van der Waals surface area contributed by atoms with Crippen LogP contribution in [0.5, 0.6) is 0 Å². The molecule has 0 aliphatic carbocycles. The lowest BCUT2D eigenvalue weighted by Gasteiger charge is -2.04. The molecule has 0 fully saturated rings. The van der Waals surface area contributed by atoms with Crippen LogP contribution < -0.4 is 0 Å². The Morgan fingerprint density at radius 2 is 2.12 bits per heavy atom. The van der Waals surface area contributed by atoms with Crippen molar-refractivity contribution in [1.29, 1.82) is 0 Å². The second-order valence-corrected chi connectivity index (χ2v) is 3.67. The summed E-state index contributed by atoms with van der Waals surface area (Å²) in [5.41, 5.74) is -0.0219. The first-order valence-electron chi connectivity index (χ1n) is 4.97. The summed E-state index contributed by atoms with van der Waals surface area (Å²) in [6.45, 7) is 0. The van der Waals surface area contributed by atoms with E-state index in [0.29, 0.717) is 17.8 Å². The van der Waals surface area contributed by atoms with Crippen molar-refractivity contribution in [1.82, 2.24) is 14.8 Å². The van der Waals surface area contributed by atoms with E-state index in [1.165, 1.54) is 17.1 Å². The van der Waals surface area contributed by atoms with Crippen LogP contribution in [-0.2, 0) is 13.5 Å². The minimum Gasteiger partial charge on any atom is -0.256 e. The highest BCUT2D eigenvalue weighted by molar-refractivity contribution is 5.27. The van der Waals surface area contributed by atoms with E-state index in [2.05, 4.69) is 10.1 Å². The van der Waals surface area contributed by atoms with Crippen molar-refractivity contribution in [2.45, 2.75) is 12.8 Å². The van der Waals surface area contributed by atoms with Gasteiger partial charge in [0, 0.05) is 13.5 Å². The average molecular weight is 241 g/mol. The number of hydrogen-bond donors (Lipinski definition) is 0. The number of aromatic nitrogens is 3. The summed E-state index contributed by atoms with van der Waals surface area (Å²) >= 11 is 0. The van der Waals surface area contributed by atoms with Crippen LogP contribution in [0.1, 0.15) is 23.4 Å². The average Bonchev–Trinajstić information content (AvgIpc) is 2.66. The van der Waals surface area contributed by atoms with Gasteiger partial charge < -0.3 is 0 Å². The maximum atomic E-state index is 13.0. The molecule has 0 aliphatic rings. The molecule has 0 aliphatic heterocycles. The van der Waals surface area contributed by atoms with Gasteiger partial charge in [0.05, 0.1) is 5.56 Å². The smallest absolute Gasteiger partial charge is 0.256 e. The van der Waals surface area contributed by atoms with E-state index < -0.39 is 17.8 Å². The van der Waals surface area contributed by atoms with E-state index in [0.717, 1.165) is 12.1 Å². The third-order valence-electron chi connectivity index (χ3n) is 2.30. The zero-order chi connectivity index (χ0) is 12.4. The van der Waals surface area contributed by atoms with E-state index in [1.807, 2.05) is 0 Å². The molecule has 1 aromatic heterocycles. The van der Waals surface area contributed by atoms with Gasteiger partial charge in [-0.1, -0.05) is 6.07 Å². The summed E-state index contributed by atoms with van der Waals surface area (Å²) in [5, 5.41) is 4.03. The largest absolute Gasteiger partial charge is 0.266 e. The summed E-state index contributed by atoms with van der Waals surface area (Å²) in [4.78, 5) is 3.98. The maximum absolute atomic E-state index is 13.0. The minimum atomic E-state index is -2.81. The Labute approximate surface area is 95.9 Å². The molecule has 90 valence electrons. The zero-order valence-corrected chi connectivity index (χ0v) is 9.07. The molecule has 0 unspecified atom stereocenters. The predicted molar refractivity (Wildman–Crippen MR) is 55.2 cm³/mol. The van der Waals surface area contributed by atoms with Crippen LogP contribution in [0.4, 0.5) is 13.2 Å². The SMILES string of the molecule is Cn1cnc(Cc2ccc(F)c(C(F)F)c2)n1. The van der Waals surface area contributed by atoms with Crippen LogP contribution in [0.15, 0.2) is 24.5 Å². The predicted octanol–water partition coefficient (Wildman–Crippen LogP) is 2.48. The summed E-state index contributed by atoms with van der Waals surface area (Å²) in [6.07, 6.45) is -0.986. The molecule has 0 atom stereocenters. The monoisotopic (exact) mass is 241 g/mol. The van der Waals surface area contributed by atoms with Gasteiger partial charge in [-0.15, -0.1) is 0 Å². The second-order valence-electron chi connectivity index (χ2n) is 3.67. The summed E-state index contributed by atoms with van der Waals surface area (Å²) < 4.78 is 39.5. The number of hydrogen-bond acceptors (Lipinski definition) is 2. The Kier molecular flexibility index (Phi) is 3.12. The first kappa shape index (κ1) is 11.6. The molecule has 17 heavy (non-hydrogen) atoms. The molecule has 3 nitrogen and oxygen atoms in total. The number of nitrogens with zero attached hydrogens (tertiary/aromatic N) is 3. The molecule has 0 amide bonds. The maximum Gasteiger partial charge on any atom is 0.266 e. The molecular weight excluding hydrogens is 231 g/mol. The van der Waals surface area contributed by atoms with Gasteiger partial charge in [0.25, 0.3) is 6.43 Å². The molecule has 0 N–H and O–H groups in total. The van der Waals surface area contributed by atoms with E-state index in [-0.39, 0.29) is 0 Å². The lowest BCUT2D eigenvalue weighted by Crippen LogP contribution is -1.97. The normalized spacial score (nSPS) is 11.1. The number of aryl methyl sites for hydroxylation is 1. The molecule has 0 spiro atoms. The van der Waals surface area contributed by atoms with Crippen molar-refractivity contribution in [3.05, 3.63) is 47.3 Å². The summed E-state index contributed by atoms with van der Waals surface area (Å²) in [7, 11) is 1.71. The molecule has 0 saturated heterocycles. The van der Waals surface area contributed by atoms with E-state index in [4.69, 9.17) is 0 Å². The molecule has 6 heteroatoms. The van der Waals surface area contributed by atoms with Crippen LogP contribution in [-0.4, -0.2) is 14.8 Å². The minimum absolute atomic E-state index is 0.306. The first-order chi connectivity index (χ1) is 8.06. The fraction of sp³-hybridized carbons (Fsp3) is 0.273. The van der Waals surface area contributed by atoms with Gasteiger partial charge in [-0.2, -0.15) is 5.10 Å². The highest BCUT2D eigenvalue weighted by atomic mass is 19.3. The van der Waals surface area contributed by atoms with Crippen LogP contribution in [0.3, 0.4) is 0 Å². The summed E-state index contributed by atoms with van der Waals surface area (Å²) in [6, 6.07) is 3.65. The Morgan fingerprint density at radius 1 is 1.35 bits per heavy atom. The van der Waals surface area contributed by atoms with Gasteiger partial charge in [-0.25, -0.2) is 18.2 Å². The quantitative estimate of drug-likeness (QED) is 0.826. The van der Waals surface area contributed by atoms with Crippen molar-refractivity contribution in [2.75, 3.05) is 0 Å². The first-order valence-corrected chi connectivity index (χ1v) is 4.97. The number of rotatable bonds is 3. The molecule has 0 radical (unpaired) electrons. The molecule has 2 rings (SSSR count). The third-order valence-corrected chi connectivity index (χ3v) is 2.30. The van der Waals surface area contributed by atoms with Gasteiger partial charge in [0.2, 0.25) is 0 Å². The number of alkyl halides is 2. The van der Waals surface area contributed by atoms with Crippen LogP contribution >= 0.6 is 0 Å². The fourth-order valence-corrected chi connectivity index (χ4v) is 1.52. The van der Waals surface area contributed by atoms with Gasteiger partial charge >= 0.3 is 0 Å². The summed E-state index contributed by atoms with van der Waals surface area (Å²) in [5.74, 6) is -0.378. The third kappa shape index (κ3) is 2.64. The van der Waals surface area contributed by atoms with Gasteiger partial charge in [0.1, 0.15) is 12.1 Å². The van der Waals surface area contributed by atoms with E-state index in [9.17, 15) is 13.2 Å². The van der Waals surface area contributed by atoms with Crippen molar-refractivity contribution >= 4 is 0 Å². The fourth-order valence-electron chi connectivity index (χ4n) is 1.52. The Hall–Kier alpha value is -1.85. The Morgan fingerprint density at radius 3 is 2.71 bits per heavy atom. The van der Waals surface area contributed by atoms with Gasteiger partial charge in [-0.3, -0.25) is 4.68 Å².